The molecular formula is C17H28N2O. The Hall–Kier alpha value is -0.830. The van der Waals surface area contributed by atoms with E-state index >= 15 is 0 Å². The van der Waals surface area contributed by atoms with E-state index in [9.17, 15) is 4.79 Å². The molecule has 2 aliphatic carbocycles. The standard InChI is InChI=1S/C17H28N2O/c1-2-3-9-19(12-15-5-4-8-18-15)17(20)16-11-13-6-7-14(16)10-13/h6-7,13-16,18H,2-5,8-12H2,1H3. The maximum atomic E-state index is 12.9. The second kappa shape index (κ2) is 6.30. The van der Waals surface area contributed by atoms with Gasteiger partial charge in [0, 0.05) is 25.0 Å². The summed E-state index contributed by atoms with van der Waals surface area (Å²) in [6, 6.07) is 0.532. The van der Waals surface area contributed by atoms with Crippen LogP contribution in [0.2, 0.25) is 0 Å². The molecular weight excluding hydrogens is 248 g/mol. The lowest BCUT2D eigenvalue weighted by atomic mass is 9.92. The van der Waals surface area contributed by atoms with Crippen LogP contribution in [-0.4, -0.2) is 36.5 Å². The van der Waals surface area contributed by atoms with E-state index in [1.807, 2.05) is 0 Å². The predicted octanol–water partition coefficient (Wildman–Crippen LogP) is 2.58. The topological polar surface area (TPSA) is 32.3 Å². The Labute approximate surface area is 122 Å². The smallest absolute Gasteiger partial charge is 0.226 e. The number of hydrogen-bond acceptors (Lipinski definition) is 2. The highest BCUT2D eigenvalue weighted by atomic mass is 16.2. The summed E-state index contributed by atoms with van der Waals surface area (Å²) in [4.78, 5) is 15.1. The second-order valence-electron chi connectivity index (χ2n) is 6.82. The molecule has 3 rings (SSSR count). The lowest BCUT2D eigenvalue weighted by Gasteiger charge is -2.30. The van der Waals surface area contributed by atoms with Gasteiger partial charge in [-0.2, -0.15) is 0 Å². The molecule has 1 heterocycles. The van der Waals surface area contributed by atoms with Crippen LogP contribution in [0.1, 0.15) is 45.4 Å². The van der Waals surface area contributed by atoms with Gasteiger partial charge in [0.2, 0.25) is 5.91 Å². The number of carbonyl (C=O) groups is 1. The molecule has 3 aliphatic rings. The molecule has 1 N–H and O–H groups in total. The number of nitrogens with zero attached hydrogens (tertiary/aromatic N) is 1. The molecule has 1 amide bonds. The molecule has 0 aromatic carbocycles. The van der Waals surface area contributed by atoms with Gasteiger partial charge in [-0.05, 0) is 50.5 Å². The molecule has 4 atom stereocenters. The zero-order chi connectivity index (χ0) is 13.9. The van der Waals surface area contributed by atoms with Crippen molar-refractivity contribution in [3.63, 3.8) is 0 Å². The van der Waals surface area contributed by atoms with Crippen LogP contribution in [0.15, 0.2) is 12.2 Å². The fourth-order valence-corrected chi connectivity index (χ4v) is 4.12. The molecule has 1 saturated heterocycles. The van der Waals surface area contributed by atoms with Gasteiger partial charge in [-0.25, -0.2) is 0 Å². The summed E-state index contributed by atoms with van der Waals surface area (Å²) in [5.41, 5.74) is 0. The molecule has 3 nitrogen and oxygen atoms in total. The van der Waals surface area contributed by atoms with Crippen LogP contribution in [-0.2, 0) is 4.79 Å². The number of unbranched alkanes of at least 4 members (excludes halogenated alkanes) is 1. The summed E-state index contributed by atoms with van der Waals surface area (Å²) in [5.74, 6) is 1.94. The molecule has 3 heteroatoms. The minimum absolute atomic E-state index is 0.281. The van der Waals surface area contributed by atoms with E-state index < -0.39 is 0 Å². The van der Waals surface area contributed by atoms with E-state index in [4.69, 9.17) is 0 Å². The van der Waals surface area contributed by atoms with Crippen molar-refractivity contribution >= 4 is 5.91 Å². The zero-order valence-electron chi connectivity index (χ0n) is 12.7. The SMILES string of the molecule is CCCCN(CC1CCCN1)C(=O)C1CC2C=CC1C2. The molecule has 2 bridgehead atoms. The van der Waals surface area contributed by atoms with Crippen LogP contribution in [0.25, 0.3) is 0 Å². The highest BCUT2D eigenvalue weighted by Gasteiger charge is 2.41. The van der Waals surface area contributed by atoms with E-state index in [0.29, 0.717) is 23.8 Å². The minimum atomic E-state index is 0.281. The molecule has 0 aromatic rings. The van der Waals surface area contributed by atoms with E-state index in [-0.39, 0.29) is 5.92 Å². The summed E-state index contributed by atoms with van der Waals surface area (Å²) >= 11 is 0. The number of allylic oxidation sites excluding steroid dienone is 2. The van der Waals surface area contributed by atoms with Gasteiger partial charge in [-0.3, -0.25) is 4.79 Å². The fourth-order valence-electron chi connectivity index (χ4n) is 4.12. The molecule has 2 fully saturated rings. The molecule has 4 unspecified atom stereocenters. The van der Waals surface area contributed by atoms with Crippen molar-refractivity contribution < 1.29 is 4.79 Å². The van der Waals surface area contributed by atoms with Crippen molar-refractivity contribution in [3.05, 3.63) is 12.2 Å². The van der Waals surface area contributed by atoms with Crippen LogP contribution in [0.5, 0.6) is 0 Å². The van der Waals surface area contributed by atoms with E-state index in [0.717, 1.165) is 32.5 Å². The van der Waals surface area contributed by atoms with Crippen molar-refractivity contribution in [2.75, 3.05) is 19.6 Å². The number of amides is 1. The quantitative estimate of drug-likeness (QED) is 0.756. The zero-order valence-corrected chi connectivity index (χ0v) is 12.7. The first-order chi connectivity index (χ1) is 9.78. The minimum Gasteiger partial charge on any atom is -0.341 e. The molecule has 0 spiro atoms. The largest absolute Gasteiger partial charge is 0.341 e. The number of carbonyl (C=O) groups excluding carboxylic acids is 1. The van der Waals surface area contributed by atoms with Crippen molar-refractivity contribution in [3.8, 4) is 0 Å². The maximum absolute atomic E-state index is 12.9. The summed E-state index contributed by atoms with van der Waals surface area (Å²) in [6.45, 7) is 5.20. The molecule has 0 radical (unpaired) electrons. The van der Waals surface area contributed by atoms with Gasteiger partial charge < -0.3 is 10.2 Å². The highest BCUT2D eigenvalue weighted by molar-refractivity contribution is 5.80. The normalized spacial score (nSPS) is 34.9. The van der Waals surface area contributed by atoms with Crippen LogP contribution < -0.4 is 5.32 Å². The molecule has 1 aliphatic heterocycles. The fraction of sp³-hybridized carbons (Fsp3) is 0.824. The monoisotopic (exact) mass is 276 g/mol. The highest BCUT2D eigenvalue weighted by Crippen LogP contribution is 2.44. The van der Waals surface area contributed by atoms with Crippen molar-refractivity contribution in [2.45, 2.75) is 51.5 Å². The maximum Gasteiger partial charge on any atom is 0.226 e. The van der Waals surface area contributed by atoms with E-state index in [1.54, 1.807) is 0 Å². The van der Waals surface area contributed by atoms with Crippen molar-refractivity contribution in [2.24, 2.45) is 17.8 Å². The lowest BCUT2D eigenvalue weighted by molar-refractivity contribution is -0.136. The Morgan fingerprint density at radius 1 is 1.35 bits per heavy atom. The van der Waals surface area contributed by atoms with Crippen molar-refractivity contribution in [1.29, 1.82) is 0 Å². The van der Waals surface area contributed by atoms with Gasteiger partial charge in [0.05, 0.1) is 0 Å². The lowest BCUT2D eigenvalue weighted by Crippen LogP contribution is -2.45. The summed E-state index contributed by atoms with van der Waals surface area (Å²) < 4.78 is 0. The van der Waals surface area contributed by atoms with Gasteiger partial charge in [0.1, 0.15) is 0 Å². The molecule has 0 aromatic heterocycles. The van der Waals surface area contributed by atoms with Gasteiger partial charge in [0.15, 0.2) is 0 Å². The third kappa shape index (κ3) is 2.93. The van der Waals surface area contributed by atoms with Crippen LogP contribution >= 0.6 is 0 Å². The molecule has 1 saturated carbocycles. The summed E-state index contributed by atoms with van der Waals surface area (Å²) in [7, 11) is 0. The average molecular weight is 276 g/mol. The Morgan fingerprint density at radius 2 is 2.25 bits per heavy atom. The first-order valence-corrected chi connectivity index (χ1v) is 8.48. The van der Waals surface area contributed by atoms with Crippen LogP contribution in [0, 0.1) is 17.8 Å². The Kier molecular flexibility index (Phi) is 4.45. The summed E-state index contributed by atoms with van der Waals surface area (Å²) in [5, 5.41) is 3.54. The van der Waals surface area contributed by atoms with E-state index in [2.05, 4.69) is 29.3 Å². The van der Waals surface area contributed by atoms with Gasteiger partial charge in [-0.1, -0.05) is 25.5 Å². The number of nitrogens with one attached hydrogen (secondary N) is 1. The Bertz CT molecular complexity index is 373. The van der Waals surface area contributed by atoms with Crippen molar-refractivity contribution in [1.82, 2.24) is 10.2 Å². The Morgan fingerprint density at radius 3 is 2.85 bits per heavy atom. The Balaban J connectivity index is 1.61. The molecule has 20 heavy (non-hydrogen) atoms. The van der Waals surface area contributed by atoms with Gasteiger partial charge in [-0.15, -0.1) is 0 Å². The van der Waals surface area contributed by atoms with E-state index in [1.165, 1.54) is 25.7 Å². The van der Waals surface area contributed by atoms with Gasteiger partial charge >= 0.3 is 0 Å². The summed E-state index contributed by atoms with van der Waals surface area (Å²) in [6.07, 6.45) is 11.7. The predicted molar refractivity (Wildman–Crippen MR) is 81.4 cm³/mol. The third-order valence-corrected chi connectivity index (χ3v) is 5.29. The second-order valence-corrected chi connectivity index (χ2v) is 6.82. The first kappa shape index (κ1) is 14.1. The van der Waals surface area contributed by atoms with Crippen LogP contribution in [0.4, 0.5) is 0 Å². The average Bonchev–Trinajstić information content (AvgIpc) is 3.19. The number of hydrogen-bond donors (Lipinski definition) is 1. The van der Waals surface area contributed by atoms with Gasteiger partial charge in [0.25, 0.3) is 0 Å². The first-order valence-electron chi connectivity index (χ1n) is 8.48. The van der Waals surface area contributed by atoms with Crippen LogP contribution in [0.3, 0.4) is 0 Å². The third-order valence-electron chi connectivity index (χ3n) is 5.29. The molecule has 112 valence electrons. The number of rotatable bonds is 6. The number of fused-ring (bicyclic) bond motifs is 2.